The van der Waals surface area contributed by atoms with Gasteiger partial charge in [0.1, 0.15) is 11.8 Å². The van der Waals surface area contributed by atoms with Crippen LogP contribution < -0.4 is 0 Å². The summed E-state index contributed by atoms with van der Waals surface area (Å²) in [7, 11) is 0. The van der Waals surface area contributed by atoms with Crippen molar-refractivity contribution in [1.29, 1.82) is 0 Å². The van der Waals surface area contributed by atoms with Gasteiger partial charge < -0.3 is 10.0 Å². The monoisotopic (exact) mass is 363 g/mol. The molecule has 0 saturated heterocycles. The average Bonchev–Trinajstić information content (AvgIpc) is 3.50. The number of amides is 1. The van der Waals surface area contributed by atoms with Gasteiger partial charge in [0.2, 0.25) is 0 Å². The highest BCUT2D eigenvalue weighted by Gasteiger charge is 2.33. The zero-order valence-electron chi connectivity index (χ0n) is 15.0. The maximum atomic E-state index is 13.0. The zero-order valence-corrected chi connectivity index (χ0v) is 15.0. The molecule has 3 aromatic heterocycles. The van der Waals surface area contributed by atoms with Crippen molar-refractivity contribution in [3.8, 4) is 0 Å². The highest BCUT2D eigenvalue weighted by Crippen LogP contribution is 2.40. The van der Waals surface area contributed by atoms with Gasteiger partial charge in [0.05, 0.1) is 17.9 Å². The number of aryl methyl sites for hydroxylation is 1. The van der Waals surface area contributed by atoms with Crippen molar-refractivity contribution in [3.05, 3.63) is 53.6 Å². The standard InChI is InChI=1S/C20H21N5O2/c26-18(13-4-5-13)17-11-15-12-24(9-2-10-25(15)23-17)20(27)16-7-6-14-3-1-8-21-19(14)22-16/h1,3,6-8,11,13,18,26H,2,4-5,9-10,12H2. The van der Waals surface area contributed by atoms with Crippen LogP contribution in [0.3, 0.4) is 0 Å². The van der Waals surface area contributed by atoms with E-state index in [0.717, 1.165) is 42.6 Å². The van der Waals surface area contributed by atoms with Gasteiger partial charge in [0.15, 0.2) is 5.65 Å². The van der Waals surface area contributed by atoms with Gasteiger partial charge in [-0.1, -0.05) is 0 Å². The Morgan fingerprint density at radius 3 is 2.96 bits per heavy atom. The molecular weight excluding hydrogens is 342 g/mol. The molecule has 1 N–H and O–H groups in total. The Hall–Kier alpha value is -2.80. The zero-order chi connectivity index (χ0) is 18.4. The third-order valence-electron chi connectivity index (χ3n) is 5.37. The quantitative estimate of drug-likeness (QED) is 0.772. The molecule has 3 aromatic rings. The Balaban J connectivity index is 1.40. The number of aliphatic hydroxyl groups is 1. The predicted octanol–water partition coefficient (Wildman–Crippen LogP) is 2.32. The third kappa shape index (κ3) is 3.08. The van der Waals surface area contributed by atoms with Gasteiger partial charge in [-0.2, -0.15) is 5.10 Å². The van der Waals surface area contributed by atoms with Gasteiger partial charge in [-0.05, 0) is 55.5 Å². The van der Waals surface area contributed by atoms with Crippen molar-refractivity contribution in [2.24, 2.45) is 5.92 Å². The van der Waals surface area contributed by atoms with E-state index in [2.05, 4.69) is 15.1 Å². The number of carbonyl (C=O) groups is 1. The van der Waals surface area contributed by atoms with Crippen molar-refractivity contribution >= 4 is 16.9 Å². The van der Waals surface area contributed by atoms with E-state index < -0.39 is 6.10 Å². The minimum Gasteiger partial charge on any atom is -0.386 e. The van der Waals surface area contributed by atoms with Crippen molar-refractivity contribution in [3.63, 3.8) is 0 Å². The molecule has 1 unspecified atom stereocenters. The van der Waals surface area contributed by atoms with Crippen LogP contribution in [0.25, 0.3) is 11.0 Å². The number of aliphatic hydroxyl groups excluding tert-OH is 1. The summed E-state index contributed by atoms with van der Waals surface area (Å²) >= 11 is 0. The molecule has 0 spiro atoms. The second-order valence-electron chi connectivity index (χ2n) is 7.39. The number of rotatable bonds is 3. The van der Waals surface area contributed by atoms with Crippen molar-refractivity contribution in [2.45, 2.75) is 38.5 Å². The molecule has 4 heterocycles. The lowest BCUT2D eigenvalue weighted by Gasteiger charge is -2.19. The van der Waals surface area contributed by atoms with Gasteiger partial charge in [0.25, 0.3) is 5.91 Å². The first-order valence-corrected chi connectivity index (χ1v) is 9.45. The fraction of sp³-hybridized carbons (Fsp3) is 0.400. The number of hydrogen-bond donors (Lipinski definition) is 1. The molecule has 27 heavy (non-hydrogen) atoms. The van der Waals surface area contributed by atoms with E-state index in [4.69, 9.17) is 0 Å². The highest BCUT2D eigenvalue weighted by molar-refractivity contribution is 5.94. The van der Waals surface area contributed by atoms with Crippen molar-refractivity contribution in [2.75, 3.05) is 6.54 Å². The van der Waals surface area contributed by atoms with Gasteiger partial charge in [-0.3, -0.25) is 9.48 Å². The first-order valence-electron chi connectivity index (χ1n) is 9.45. The predicted molar refractivity (Wildman–Crippen MR) is 98.8 cm³/mol. The Morgan fingerprint density at radius 2 is 2.11 bits per heavy atom. The summed E-state index contributed by atoms with van der Waals surface area (Å²) < 4.78 is 1.93. The smallest absolute Gasteiger partial charge is 0.272 e. The summed E-state index contributed by atoms with van der Waals surface area (Å²) in [5, 5.41) is 15.9. The molecule has 1 fully saturated rings. The van der Waals surface area contributed by atoms with Gasteiger partial charge >= 0.3 is 0 Å². The maximum absolute atomic E-state index is 13.0. The number of pyridine rings is 2. The molecule has 7 nitrogen and oxygen atoms in total. The summed E-state index contributed by atoms with van der Waals surface area (Å²) in [6, 6.07) is 9.38. The van der Waals surface area contributed by atoms with Crippen LogP contribution in [-0.4, -0.2) is 42.2 Å². The van der Waals surface area contributed by atoms with E-state index in [1.807, 2.05) is 33.8 Å². The summed E-state index contributed by atoms with van der Waals surface area (Å²) in [4.78, 5) is 23.5. The van der Waals surface area contributed by atoms with E-state index >= 15 is 0 Å². The normalized spacial score (nSPS) is 18.2. The second kappa shape index (κ2) is 6.42. The largest absolute Gasteiger partial charge is 0.386 e. The van der Waals surface area contributed by atoms with E-state index in [1.54, 1.807) is 12.3 Å². The molecule has 0 radical (unpaired) electrons. The van der Waals surface area contributed by atoms with Crippen LogP contribution in [0.2, 0.25) is 0 Å². The van der Waals surface area contributed by atoms with Gasteiger partial charge in [-0.25, -0.2) is 9.97 Å². The molecule has 1 atom stereocenters. The molecule has 0 bridgehead atoms. The summed E-state index contributed by atoms with van der Waals surface area (Å²) in [6.45, 7) is 1.89. The topological polar surface area (TPSA) is 84.1 Å². The van der Waals surface area contributed by atoms with Crippen LogP contribution in [0.15, 0.2) is 36.5 Å². The molecule has 1 aliphatic heterocycles. The minimum absolute atomic E-state index is 0.0958. The number of hydrogen-bond acceptors (Lipinski definition) is 5. The summed E-state index contributed by atoms with van der Waals surface area (Å²) in [5.74, 6) is 0.248. The molecule has 1 saturated carbocycles. The Bertz CT molecular complexity index is 1010. The van der Waals surface area contributed by atoms with Crippen LogP contribution in [0.4, 0.5) is 0 Å². The Kier molecular flexibility index (Phi) is 3.89. The van der Waals surface area contributed by atoms with Crippen LogP contribution in [0.5, 0.6) is 0 Å². The molecule has 1 aliphatic carbocycles. The first kappa shape index (κ1) is 16.4. The van der Waals surface area contributed by atoms with Crippen molar-refractivity contribution < 1.29 is 9.90 Å². The molecule has 2 aliphatic rings. The van der Waals surface area contributed by atoms with Crippen LogP contribution in [0, 0.1) is 5.92 Å². The lowest BCUT2D eigenvalue weighted by molar-refractivity contribution is 0.0740. The van der Waals surface area contributed by atoms with Gasteiger partial charge in [-0.15, -0.1) is 0 Å². The van der Waals surface area contributed by atoms with Crippen LogP contribution >= 0.6 is 0 Å². The fourth-order valence-corrected chi connectivity index (χ4v) is 3.69. The van der Waals surface area contributed by atoms with Crippen LogP contribution in [0.1, 0.15) is 47.2 Å². The van der Waals surface area contributed by atoms with E-state index in [1.165, 1.54) is 0 Å². The average molecular weight is 363 g/mol. The molecule has 0 aromatic carbocycles. The Morgan fingerprint density at radius 1 is 1.22 bits per heavy atom. The second-order valence-corrected chi connectivity index (χ2v) is 7.39. The molecule has 1 amide bonds. The minimum atomic E-state index is -0.484. The molecule has 5 rings (SSSR count). The summed E-state index contributed by atoms with van der Waals surface area (Å²) in [5.41, 5.74) is 2.69. The SMILES string of the molecule is O=C(c1ccc2cccnc2n1)N1CCCn2nc(C(O)C3CC3)cc2C1. The van der Waals surface area contributed by atoms with E-state index in [0.29, 0.717) is 30.3 Å². The maximum Gasteiger partial charge on any atom is 0.272 e. The summed E-state index contributed by atoms with van der Waals surface area (Å²) in [6.07, 6.45) is 4.15. The number of fused-ring (bicyclic) bond motifs is 2. The number of aromatic nitrogens is 4. The number of carbonyl (C=O) groups excluding carboxylic acids is 1. The Labute approximate surface area is 156 Å². The third-order valence-corrected chi connectivity index (χ3v) is 5.37. The van der Waals surface area contributed by atoms with Crippen LogP contribution in [-0.2, 0) is 13.1 Å². The lowest BCUT2D eigenvalue weighted by atomic mass is 10.1. The highest BCUT2D eigenvalue weighted by atomic mass is 16.3. The first-order chi connectivity index (χ1) is 13.2. The van der Waals surface area contributed by atoms with Gasteiger partial charge in [0, 0.05) is 24.7 Å². The molecular formula is C20H21N5O2. The lowest BCUT2D eigenvalue weighted by Crippen LogP contribution is -2.31. The molecule has 138 valence electrons. The van der Waals surface area contributed by atoms with E-state index in [-0.39, 0.29) is 5.91 Å². The van der Waals surface area contributed by atoms with Crippen molar-refractivity contribution in [1.82, 2.24) is 24.6 Å². The molecule has 7 heteroatoms. The number of nitrogens with zero attached hydrogens (tertiary/aromatic N) is 5. The van der Waals surface area contributed by atoms with E-state index in [9.17, 15) is 9.90 Å². The fourth-order valence-electron chi connectivity index (χ4n) is 3.69.